The van der Waals surface area contributed by atoms with Gasteiger partial charge in [0.25, 0.3) is 5.91 Å². The van der Waals surface area contributed by atoms with Crippen LogP contribution in [0, 0.1) is 0 Å². The molecule has 2 amide bonds. The van der Waals surface area contributed by atoms with Gasteiger partial charge in [0.05, 0.1) is 0 Å². The number of benzene rings is 1. The highest BCUT2D eigenvalue weighted by Gasteiger charge is 2.21. The Balaban J connectivity index is 2.07. The molecule has 1 saturated heterocycles. The monoisotopic (exact) mass is 274 g/mol. The number of nitrogens with zero attached hydrogens (tertiary/aromatic N) is 1. The van der Waals surface area contributed by atoms with Crippen LogP contribution in [0.1, 0.15) is 42.5 Å². The fraction of sp³-hybridized carbons (Fsp3) is 0.500. The van der Waals surface area contributed by atoms with Gasteiger partial charge in [-0.05, 0) is 44.5 Å². The molecule has 1 fully saturated rings. The summed E-state index contributed by atoms with van der Waals surface area (Å²) >= 11 is 0. The standard InChI is InChI=1S/C16H22N2O2/c19-15-10-5-2-6-11-17-12-7-13-18(15)16(20)14-8-3-1-4-9-14/h1,3-4,8-9,17H,2,5-7,10-13H2. The van der Waals surface area contributed by atoms with Crippen molar-refractivity contribution in [3.63, 3.8) is 0 Å². The van der Waals surface area contributed by atoms with Crippen LogP contribution in [0.4, 0.5) is 0 Å². The summed E-state index contributed by atoms with van der Waals surface area (Å²) in [6, 6.07) is 9.05. The molecule has 0 unspecified atom stereocenters. The molecule has 0 aromatic heterocycles. The van der Waals surface area contributed by atoms with E-state index in [2.05, 4.69) is 5.32 Å². The zero-order valence-corrected chi connectivity index (χ0v) is 11.8. The van der Waals surface area contributed by atoms with E-state index in [9.17, 15) is 9.59 Å². The lowest BCUT2D eigenvalue weighted by Crippen LogP contribution is -2.38. The van der Waals surface area contributed by atoms with Crippen molar-refractivity contribution in [3.8, 4) is 0 Å². The number of imide groups is 1. The second-order valence-corrected chi connectivity index (χ2v) is 5.13. The summed E-state index contributed by atoms with van der Waals surface area (Å²) in [7, 11) is 0. The van der Waals surface area contributed by atoms with Crippen LogP contribution < -0.4 is 5.32 Å². The lowest BCUT2D eigenvalue weighted by atomic mass is 10.1. The highest BCUT2D eigenvalue weighted by molar-refractivity contribution is 6.04. The largest absolute Gasteiger partial charge is 0.317 e. The summed E-state index contributed by atoms with van der Waals surface area (Å²) < 4.78 is 0. The number of nitrogens with one attached hydrogen (secondary N) is 1. The molecule has 0 bridgehead atoms. The Morgan fingerprint density at radius 1 is 1.00 bits per heavy atom. The molecule has 1 aliphatic rings. The summed E-state index contributed by atoms with van der Waals surface area (Å²) in [6.07, 6.45) is 4.27. The van der Waals surface area contributed by atoms with E-state index in [-0.39, 0.29) is 11.8 Å². The van der Waals surface area contributed by atoms with E-state index >= 15 is 0 Å². The fourth-order valence-electron chi connectivity index (χ4n) is 2.40. The summed E-state index contributed by atoms with van der Waals surface area (Å²) in [4.78, 5) is 26.1. The Labute approximate surface area is 120 Å². The van der Waals surface area contributed by atoms with Gasteiger partial charge in [0.2, 0.25) is 5.91 Å². The Hall–Kier alpha value is -1.68. The maximum Gasteiger partial charge on any atom is 0.260 e. The highest BCUT2D eigenvalue weighted by atomic mass is 16.2. The molecule has 0 spiro atoms. The lowest BCUT2D eigenvalue weighted by molar-refractivity contribution is -0.128. The van der Waals surface area contributed by atoms with E-state index in [1.54, 1.807) is 12.1 Å². The SMILES string of the molecule is O=C1CCCCCNCCCN1C(=O)c1ccccc1. The summed E-state index contributed by atoms with van der Waals surface area (Å²) in [6.45, 7) is 2.35. The Bertz CT molecular complexity index is 445. The van der Waals surface area contributed by atoms with Crippen LogP contribution in [0.2, 0.25) is 0 Å². The van der Waals surface area contributed by atoms with Crippen LogP contribution >= 0.6 is 0 Å². The maximum atomic E-state index is 12.4. The van der Waals surface area contributed by atoms with E-state index in [1.165, 1.54) is 4.90 Å². The Morgan fingerprint density at radius 3 is 2.55 bits per heavy atom. The van der Waals surface area contributed by atoms with Gasteiger partial charge >= 0.3 is 0 Å². The van der Waals surface area contributed by atoms with Gasteiger partial charge in [-0.3, -0.25) is 14.5 Å². The second-order valence-electron chi connectivity index (χ2n) is 5.13. The number of rotatable bonds is 1. The molecule has 4 nitrogen and oxygen atoms in total. The molecule has 0 aliphatic carbocycles. The summed E-state index contributed by atoms with van der Waals surface area (Å²) in [5, 5.41) is 3.35. The van der Waals surface area contributed by atoms with Gasteiger partial charge in [-0.15, -0.1) is 0 Å². The third kappa shape index (κ3) is 4.17. The molecule has 1 aromatic rings. The normalized spacial score (nSPS) is 18.4. The van der Waals surface area contributed by atoms with Gasteiger partial charge in [0.15, 0.2) is 0 Å². The van der Waals surface area contributed by atoms with Crippen molar-refractivity contribution in [1.29, 1.82) is 0 Å². The van der Waals surface area contributed by atoms with Gasteiger partial charge in [0.1, 0.15) is 0 Å². The van der Waals surface area contributed by atoms with Gasteiger partial charge in [0, 0.05) is 18.5 Å². The van der Waals surface area contributed by atoms with Crippen molar-refractivity contribution < 1.29 is 9.59 Å². The van der Waals surface area contributed by atoms with Crippen LogP contribution in [-0.2, 0) is 4.79 Å². The zero-order chi connectivity index (χ0) is 14.2. The van der Waals surface area contributed by atoms with Crippen LogP contribution in [-0.4, -0.2) is 36.3 Å². The second kappa shape index (κ2) is 7.80. The predicted molar refractivity (Wildman–Crippen MR) is 78.4 cm³/mol. The molecular weight excluding hydrogens is 252 g/mol. The van der Waals surface area contributed by atoms with Gasteiger partial charge < -0.3 is 5.32 Å². The molecule has 1 N–H and O–H groups in total. The molecule has 0 saturated carbocycles. The van der Waals surface area contributed by atoms with E-state index < -0.39 is 0 Å². The molecule has 1 aliphatic heterocycles. The first kappa shape index (κ1) is 14.7. The summed E-state index contributed by atoms with van der Waals surface area (Å²) in [5.41, 5.74) is 0.587. The Kier molecular flexibility index (Phi) is 5.74. The number of carbonyl (C=O) groups is 2. The zero-order valence-electron chi connectivity index (χ0n) is 11.8. The Morgan fingerprint density at radius 2 is 1.75 bits per heavy atom. The van der Waals surface area contributed by atoms with Crippen molar-refractivity contribution in [2.24, 2.45) is 0 Å². The number of amides is 2. The number of hydrogen-bond acceptors (Lipinski definition) is 3. The fourth-order valence-corrected chi connectivity index (χ4v) is 2.40. The minimum absolute atomic E-state index is 0.0410. The van der Waals surface area contributed by atoms with Crippen molar-refractivity contribution in [1.82, 2.24) is 10.2 Å². The van der Waals surface area contributed by atoms with Gasteiger partial charge in [-0.2, -0.15) is 0 Å². The number of hydrogen-bond donors (Lipinski definition) is 1. The quantitative estimate of drug-likeness (QED) is 0.799. The predicted octanol–water partition coefficient (Wildman–Crippen LogP) is 2.21. The van der Waals surface area contributed by atoms with Gasteiger partial charge in [-0.1, -0.05) is 24.6 Å². The van der Waals surface area contributed by atoms with Crippen molar-refractivity contribution in [2.75, 3.05) is 19.6 Å². The summed E-state index contributed by atoms with van der Waals surface area (Å²) in [5.74, 6) is -0.212. The lowest BCUT2D eigenvalue weighted by Gasteiger charge is -2.20. The third-order valence-corrected chi connectivity index (χ3v) is 3.55. The molecule has 108 valence electrons. The van der Waals surface area contributed by atoms with Crippen LogP contribution in [0.3, 0.4) is 0 Å². The first-order valence-electron chi connectivity index (χ1n) is 7.39. The minimum atomic E-state index is -0.171. The maximum absolute atomic E-state index is 12.4. The molecule has 1 aromatic carbocycles. The van der Waals surface area contributed by atoms with Gasteiger partial charge in [-0.25, -0.2) is 0 Å². The molecule has 4 heteroatoms. The van der Waals surface area contributed by atoms with E-state index in [0.29, 0.717) is 18.5 Å². The van der Waals surface area contributed by atoms with Crippen LogP contribution in [0.25, 0.3) is 0 Å². The van der Waals surface area contributed by atoms with Crippen LogP contribution in [0.15, 0.2) is 30.3 Å². The topological polar surface area (TPSA) is 49.4 Å². The van der Waals surface area contributed by atoms with E-state index in [0.717, 1.165) is 38.8 Å². The first-order chi connectivity index (χ1) is 9.79. The smallest absolute Gasteiger partial charge is 0.260 e. The number of carbonyl (C=O) groups excluding carboxylic acids is 2. The molecule has 2 rings (SSSR count). The average Bonchev–Trinajstić information content (AvgIpc) is 2.53. The average molecular weight is 274 g/mol. The molecule has 20 heavy (non-hydrogen) atoms. The van der Waals surface area contributed by atoms with Crippen molar-refractivity contribution in [3.05, 3.63) is 35.9 Å². The molecular formula is C16H22N2O2. The van der Waals surface area contributed by atoms with Crippen molar-refractivity contribution >= 4 is 11.8 Å². The van der Waals surface area contributed by atoms with E-state index in [4.69, 9.17) is 0 Å². The first-order valence-corrected chi connectivity index (χ1v) is 7.39. The van der Waals surface area contributed by atoms with Crippen LogP contribution in [0.5, 0.6) is 0 Å². The third-order valence-electron chi connectivity index (χ3n) is 3.55. The van der Waals surface area contributed by atoms with E-state index in [1.807, 2.05) is 18.2 Å². The molecule has 0 radical (unpaired) electrons. The molecule has 0 atom stereocenters. The van der Waals surface area contributed by atoms with Crippen molar-refractivity contribution in [2.45, 2.75) is 32.1 Å². The minimum Gasteiger partial charge on any atom is -0.317 e. The highest BCUT2D eigenvalue weighted by Crippen LogP contribution is 2.10. The molecule has 1 heterocycles.